The van der Waals surface area contributed by atoms with Crippen molar-refractivity contribution in [3.8, 4) is 33.9 Å². The summed E-state index contributed by atoms with van der Waals surface area (Å²) in [5.74, 6) is 1.58. The Labute approximate surface area is 718 Å². The Morgan fingerprint density at radius 1 is 0.252 bits per heavy atom. The van der Waals surface area contributed by atoms with Gasteiger partial charge in [-0.05, 0) is 182 Å². The van der Waals surface area contributed by atoms with Crippen molar-refractivity contribution in [2.75, 3.05) is 0 Å². The van der Waals surface area contributed by atoms with E-state index in [0.29, 0.717) is 5.78 Å². The zero-order valence-corrected chi connectivity index (χ0v) is 67.5. The summed E-state index contributed by atoms with van der Waals surface area (Å²) in [6.07, 6.45) is 3.68. The second kappa shape index (κ2) is 28.1. The first-order chi connectivity index (χ1) is 62.9. The van der Waals surface area contributed by atoms with Crippen LogP contribution in [0.4, 0.5) is 8.78 Å². The van der Waals surface area contributed by atoms with Gasteiger partial charge in [0.05, 0.1) is 100 Å². The number of para-hydroxylation sites is 9. The molecule has 0 N–H and O–H groups in total. The van der Waals surface area contributed by atoms with Gasteiger partial charge in [-0.3, -0.25) is 40.9 Å². The molecule has 0 unspecified atom stereocenters. The Kier molecular flexibility index (Phi) is 15.8. The summed E-state index contributed by atoms with van der Waals surface area (Å²) in [4.78, 5) is 27.5. The molecule has 0 aliphatic carbocycles. The molecule has 0 radical (unpaired) electrons. The van der Waals surface area contributed by atoms with E-state index in [0.717, 1.165) is 151 Å². The molecule has 11 heterocycles. The van der Waals surface area contributed by atoms with Gasteiger partial charge in [0.1, 0.15) is 16.9 Å². The van der Waals surface area contributed by atoms with E-state index in [1.165, 1.54) is 81.9 Å². The van der Waals surface area contributed by atoms with Crippen molar-refractivity contribution in [1.82, 2.24) is 65.8 Å². The molecule has 29 rings (SSSR count). The summed E-state index contributed by atoms with van der Waals surface area (Å²) in [6, 6.07) is 133. The highest BCUT2D eigenvalue weighted by Gasteiger charge is 2.27. The number of furan rings is 1. The first-order valence-corrected chi connectivity index (χ1v) is 42.2. The fraction of sp³-hybridized carbons (Fsp3) is 0. The van der Waals surface area contributed by atoms with E-state index in [1.54, 1.807) is 10.8 Å². The number of imidazole rings is 8. The number of benzene rings is 18. The normalized spacial score (nSPS) is 12.0. The molecule has 0 atom stereocenters. The van der Waals surface area contributed by atoms with Gasteiger partial charge in [-0.25, -0.2) is 19.9 Å². The molecule has 0 amide bonds. The predicted octanol–water partition coefficient (Wildman–Crippen LogP) is 27.3. The number of fused-ring (bicyclic) bond motifs is 35. The fourth-order valence-electron chi connectivity index (χ4n) is 19.7. The number of pyridine rings is 2. The maximum atomic E-state index is 14.6. The second-order valence-corrected chi connectivity index (χ2v) is 32.1. The smallest absolute Gasteiger partial charge is 0.239 e. The van der Waals surface area contributed by atoms with Crippen LogP contribution in [-0.4, -0.2) is 65.8 Å². The van der Waals surface area contributed by atoms with Gasteiger partial charge in [0.2, 0.25) is 35.0 Å². The third-order valence-electron chi connectivity index (χ3n) is 25.1. The highest BCUT2D eigenvalue weighted by atomic mass is 19.1. The van der Waals surface area contributed by atoms with Gasteiger partial charge in [0.15, 0.2) is 0 Å². The number of halogens is 2. The molecule has 0 bridgehead atoms. The van der Waals surface area contributed by atoms with Gasteiger partial charge >= 0.3 is 0 Å². The third-order valence-corrected chi connectivity index (χ3v) is 25.1. The van der Waals surface area contributed by atoms with Gasteiger partial charge in [-0.1, -0.05) is 255 Å². The van der Waals surface area contributed by atoms with Crippen LogP contribution in [0.2, 0.25) is 0 Å². The van der Waals surface area contributed by atoms with Crippen LogP contribution in [0.15, 0.2) is 405 Å². The van der Waals surface area contributed by atoms with Crippen LogP contribution in [0.25, 0.3) is 232 Å². The number of hydrogen-bond donors (Lipinski definition) is 0. The summed E-state index contributed by atoms with van der Waals surface area (Å²) in [6.45, 7) is 0. The molecule has 11 aromatic heterocycles. The molecule has 127 heavy (non-hydrogen) atoms. The first kappa shape index (κ1) is 71.3. The standard InChI is InChI=1S/C43H25N3O.C23H15N3.C22H12F2N4.C22H14N4/c1-4-15-31-26(10-1)21-23-38-39(31)40-32-16-5-3-12-29(32)25-34(42(40)47-38)28-13-9-14-30(24-28)45-37-22-20-27-11-2-6-17-33(27)41(37)46-36-19-8-7-18-35(36)44-43(45)46;1-2-9-17(10-3-1)25-21-15-14-16-8-4-5-11-18(16)22(21)26-20-13-7-6-12-19(20)24-23(25)26;23-19-12-11-18(21(24)26-19)27-17-10-9-13-5-1-2-6-14(13)20(17)28-16-8-4-3-7-15(16)25-22(27)28;1-2-8-17-15(6-1)11-12-20-21(17)26-19-10-4-3-9-18(19)24-22(26)25(20)16-7-5-13-23-14-16/h1-25H;1-15H;1-12H;1-14H. The molecule has 15 nitrogen and oxygen atoms in total. The Morgan fingerprint density at radius 3 is 1.09 bits per heavy atom. The quantitative estimate of drug-likeness (QED) is 0.157. The minimum Gasteiger partial charge on any atom is -0.455 e. The molecule has 0 fully saturated rings. The molecule has 17 heteroatoms. The topological polar surface area (TPSA) is 128 Å². The van der Waals surface area contributed by atoms with E-state index in [2.05, 4.69) is 328 Å². The molecule has 0 aliphatic heterocycles. The van der Waals surface area contributed by atoms with Crippen LogP contribution in [0.5, 0.6) is 0 Å². The van der Waals surface area contributed by atoms with Crippen molar-refractivity contribution in [2.24, 2.45) is 0 Å². The van der Waals surface area contributed by atoms with E-state index in [1.807, 2.05) is 95.5 Å². The van der Waals surface area contributed by atoms with Crippen LogP contribution < -0.4 is 0 Å². The number of nitrogens with zero attached hydrogens (tertiary/aromatic N) is 14. The predicted molar refractivity (Wildman–Crippen MR) is 511 cm³/mol. The van der Waals surface area contributed by atoms with Crippen molar-refractivity contribution < 1.29 is 13.2 Å². The average molecular weight is 1640 g/mol. The van der Waals surface area contributed by atoms with E-state index in [4.69, 9.17) is 24.4 Å². The van der Waals surface area contributed by atoms with Crippen LogP contribution in [-0.2, 0) is 0 Å². The molecule has 596 valence electrons. The monoisotopic (exact) mass is 1640 g/mol. The third kappa shape index (κ3) is 10.9. The highest BCUT2D eigenvalue weighted by molar-refractivity contribution is 6.29. The number of aromatic nitrogens is 14. The summed E-state index contributed by atoms with van der Waals surface area (Å²) in [5.41, 5.74) is 24.1. The molecule has 0 spiro atoms. The molecular weight excluding hydrogens is 1570 g/mol. The number of hydrogen-bond acceptors (Lipinski definition) is 7. The van der Waals surface area contributed by atoms with Crippen LogP contribution >= 0.6 is 0 Å². The minimum atomic E-state index is -0.875. The van der Waals surface area contributed by atoms with Gasteiger partial charge in [-0.15, -0.1) is 0 Å². The zero-order valence-electron chi connectivity index (χ0n) is 67.5. The second-order valence-electron chi connectivity index (χ2n) is 32.1. The Balaban J connectivity index is 0.0000000934. The Hall–Kier alpha value is -17.4. The summed E-state index contributed by atoms with van der Waals surface area (Å²) in [5, 5.41) is 16.6. The maximum absolute atomic E-state index is 14.6. The first-order valence-electron chi connectivity index (χ1n) is 42.2. The fourth-order valence-corrected chi connectivity index (χ4v) is 19.7. The SMILES string of the molecule is Fc1ccc(-n2c3ccc4ccccc4c3n3c4ccccc4nc23)c(F)n1.c1cc(-c2cc3ccccc3c3c2oc2ccc4ccccc4c23)cc(-n2c3ccc4ccccc4c3n3c4ccccc4nc23)c1.c1ccc(-n2c3ccc4ccccc4c3n3c4ccccc4nc23)cc1.c1cncc(-n2c3ccc4ccccc4c3n3c4ccccc4nc23)c1. The van der Waals surface area contributed by atoms with Crippen molar-refractivity contribution >= 4 is 198 Å². The van der Waals surface area contributed by atoms with E-state index in [-0.39, 0.29) is 5.69 Å². The summed E-state index contributed by atoms with van der Waals surface area (Å²) >= 11 is 0. The summed E-state index contributed by atoms with van der Waals surface area (Å²) < 4.78 is 52.2. The lowest BCUT2D eigenvalue weighted by atomic mass is 9.94. The summed E-state index contributed by atoms with van der Waals surface area (Å²) in [7, 11) is 0. The number of rotatable bonds is 5. The molecular formula is C110H66F2N14O. The lowest BCUT2D eigenvalue weighted by molar-refractivity contribution is 0.509. The molecule has 0 saturated carbocycles. The maximum Gasteiger partial charge on any atom is 0.239 e. The van der Waals surface area contributed by atoms with E-state index < -0.39 is 11.9 Å². The highest BCUT2D eigenvalue weighted by Crippen LogP contribution is 2.46. The van der Waals surface area contributed by atoms with Gasteiger partial charge in [-0.2, -0.15) is 13.8 Å². The van der Waals surface area contributed by atoms with Crippen molar-refractivity contribution in [2.45, 2.75) is 0 Å². The Morgan fingerprint density at radius 2 is 0.622 bits per heavy atom. The van der Waals surface area contributed by atoms with E-state index in [9.17, 15) is 8.78 Å². The van der Waals surface area contributed by atoms with Gasteiger partial charge < -0.3 is 4.42 Å². The van der Waals surface area contributed by atoms with Crippen LogP contribution in [0.1, 0.15) is 0 Å². The molecule has 29 aromatic rings. The van der Waals surface area contributed by atoms with Crippen molar-refractivity contribution in [3.63, 3.8) is 0 Å². The van der Waals surface area contributed by atoms with Gasteiger partial charge in [0.25, 0.3) is 0 Å². The lowest BCUT2D eigenvalue weighted by Gasteiger charge is -2.11. The van der Waals surface area contributed by atoms with Crippen LogP contribution in [0.3, 0.4) is 0 Å². The largest absolute Gasteiger partial charge is 0.455 e. The Bertz CT molecular complexity index is 9400. The van der Waals surface area contributed by atoms with E-state index >= 15 is 0 Å². The van der Waals surface area contributed by atoms with Crippen LogP contribution in [0, 0.1) is 11.9 Å². The zero-order chi connectivity index (χ0) is 83.6. The lowest BCUT2D eigenvalue weighted by Crippen LogP contribution is -2.02. The molecule has 18 aromatic carbocycles. The average Bonchev–Trinajstić information content (AvgIpc) is 1.58. The molecule has 0 aliphatic rings. The van der Waals surface area contributed by atoms with Crippen molar-refractivity contribution in [3.05, 3.63) is 413 Å². The van der Waals surface area contributed by atoms with Crippen molar-refractivity contribution in [1.29, 1.82) is 0 Å². The van der Waals surface area contributed by atoms with Gasteiger partial charge in [0, 0.05) is 55.5 Å². The molecule has 0 saturated heterocycles. The minimum absolute atomic E-state index is 0.159.